The molecule has 1 rings (SSSR count). The van der Waals surface area contributed by atoms with E-state index in [4.69, 9.17) is 0 Å². The third kappa shape index (κ3) is 0.265. The standard InChI is InChI=1S/C3H3NO/c1-2-4-5-3-1/h1-3H/i2+2. The van der Waals surface area contributed by atoms with Crippen LogP contribution in [0, 0.1) is 0 Å². The van der Waals surface area contributed by atoms with Gasteiger partial charge in [-0.25, -0.2) is 0 Å². The monoisotopic (exact) mass is 71.0 g/mol. The lowest BCUT2D eigenvalue weighted by Gasteiger charge is -1.48. The molecule has 5 heavy (non-hydrogen) atoms. The van der Waals surface area contributed by atoms with Gasteiger partial charge in [0.2, 0.25) is 0 Å². The predicted molar refractivity (Wildman–Crippen MR) is 16.5 cm³/mol. The normalized spacial score (nSPS) is 8.00. The molecule has 0 bridgehead atoms. The molecule has 0 radical (unpaired) electrons. The van der Waals surface area contributed by atoms with Crippen LogP contribution in [-0.2, 0) is 0 Å². The van der Waals surface area contributed by atoms with Gasteiger partial charge < -0.3 is 4.52 Å². The Morgan fingerprint density at radius 1 is 1.80 bits per heavy atom. The minimum atomic E-state index is 1.51. The van der Waals surface area contributed by atoms with Gasteiger partial charge in [0, 0.05) is 0 Å². The molecular formula is C3H3NO. The summed E-state index contributed by atoms with van der Waals surface area (Å²) in [5.74, 6) is 0. The largest absolute Gasteiger partial charge is 0.365 e. The van der Waals surface area contributed by atoms with Gasteiger partial charge in [-0.05, 0) is 6.07 Å². The van der Waals surface area contributed by atoms with Crippen LogP contribution in [0.1, 0.15) is 0 Å². The van der Waals surface area contributed by atoms with Crippen LogP contribution in [0.3, 0.4) is 0 Å². The highest BCUT2D eigenvalue weighted by molar-refractivity contribution is 4.67. The van der Waals surface area contributed by atoms with Crippen molar-refractivity contribution >= 4 is 0 Å². The average Bonchev–Trinajstić information content (AvgIpc) is 1.76. The van der Waals surface area contributed by atoms with Crippen molar-refractivity contribution < 1.29 is 4.52 Å². The first kappa shape index (κ1) is 2.45. The summed E-state index contributed by atoms with van der Waals surface area (Å²) in [6.45, 7) is 0. The Morgan fingerprint density at radius 3 is 3.00 bits per heavy atom. The zero-order chi connectivity index (χ0) is 3.54. The van der Waals surface area contributed by atoms with Gasteiger partial charge in [0.15, 0.2) is 0 Å². The van der Waals surface area contributed by atoms with Crippen molar-refractivity contribution in [3.63, 3.8) is 0 Å². The molecule has 0 N–H and O–H groups in total. The van der Waals surface area contributed by atoms with Crippen LogP contribution in [0.15, 0.2) is 23.0 Å². The first-order valence-electron chi connectivity index (χ1n) is 1.34. The van der Waals surface area contributed by atoms with Crippen molar-refractivity contribution in [2.45, 2.75) is 0 Å². The molecule has 1 heterocycles. The Bertz CT molecular complexity index is 63.4. The lowest BCUT2D eigenvalue weighted by molar-refractivity contribution is 0.420. The Kier molecular flexibility index (Phi) is 0.433. The average molecular weight is 71.1 g/mol. The molecule has 0 aliphatic carbocycles. The Morgan fingerprint density at radius 2 is 2.80 bits per heavy atom. The predicted octanol–water partition coefficient (Wildman–Crippen LogP) is 0.675. The first-order valence-corrected chi connectivity index (χ1v) is 1.34. The van der Waals surface area contributed by atoms with Gasteiger partial charge in [0.1, 0.15) is 6.26 Å². The lowest BCUT2D eigenvalue weighted by Crippen LogP contribution is -1.38. The third-order valence-electron chi connectivity index (χ3n) is 0.347. The minimum absolute atomic E-state index is 1.51. The van der Waals surface area contributed by atoms with E-state index >= 15 is 0 Å². The SMILES string of the molecule is c1con[14cH]1. The number of hydrogen-bond donors (Lipinski definition) is 0. The molecule has 0 saturated heterocycles. The molecular weight excluding hydrogens is 68.0 g/mol. The zero-order valence-corrected chi connectivity index (χ0v) is 2.59. The molecule has 2 nitrogen and oxygen atoms in total. The van der Waals surface area contributed by atoms with E-state index in [0.29, 0.717) is 0 Å². The van der Waals surface area contributed by atoms with E-state index < -0.39 is 0 Å². The summed E-state index contributed by atoms with van der Waals surface area (Å²) in [6, 6.07) is 1.72. The van der Waals surface area contributed by atoms with Crippen LogP contribution in [-0.4, -0.2) is 5.16 Å². The van der Waals surface area contributed by atoms with E-state index in [1.807, 2.05) is 0 Å². The van der Waals surface area contributed by atoms with Gasteiger partial charge in [-0.3, -0.25) is 0 Å². The maximum atomic E-state index is 4.33. The van der Waals surface area contributed by atoms with Crippen molar-refractivity contribution in [1.29, 1.82) is 0 Å². The third-order valence-corrected chi connectivity index (χ3v) is 0.347. The van der Waals surface area contributed by atoms with Crippen LogP contribution in [0.2, 0.25) is 0 Å². The molecule has 0 fully saturated rings. The summed E-state index contributed by atoms with van der Waals surface area (Å²) in [5.41, 5.74) is 0. The quantitative estimate of drug-likeness (QED) is 0.449. The first-order chi connectivity index (χ1) is 2.50. The molecule has 26 valence electrons. The Balaban J connectivity index is 3.13. The molecule has 0 aliphatic rings. The van der Waals surface area contributed by atoms with Crippen LogP contribution in [0.4, 0.5) is 0 Å². The van der Waals surface area contributed by atoms with Crippen LogP contribution >= 0.6 is 0 Å². The summed E-state index contributed by atoms with van der Waals surface area (Å²) in [5, 5.41) is 3.35. The van der Waals surface area contributed by atoms with E-state index in [1.54, 1.807) is 12.3 Å². The highest BCUT2D eigenvalue weighted by atomic mass is 16.5. The minimum Gasteiger partial charge on any atom is -0.365 e. The molecule has 0 aliphatic heterocycles. The van der Waals surface area contributed by atoms with Crippen LogP contribution in [0.5, 0.6) is 0 Å². The molecule has 0 spiro atoms. The van der Waals surface area contributed by atoms with Gasteiger partial charge in [0.25, 0.3) is 0 Å². The fraction of sp³-hybridized carbons (Fsp3) is 0. The summed E-state index contributed by atoms with van der Waals surface area (Å²) in [4.78, 5) is 0. The maximum Gasteiger partial charge on any atom is 0.123 e. The van der Waals surface area contributed by atoms with E-state index in [0.717, 1.165) is 0 Å². The van der Waals surface area contributed by atoms with E-state index in [1.165, 1.54) is 6.26 Å². The van der Waals surface area contributed by atoms with Gasteiger partial charge in [-0.2, -0.15) is 0 Å². The Hall–Kier alpha value is -0.790. The van der Waals surface area contributed by atoms with Crippen LogP contribution < -0.4 is 0 Å². The van der Waals surface area contributed by atoms with Crippen LogP contribution in [0.25, 0.3) is 0 Å². The molecule has 0 atom stereocenters. The summed E-state index contributed by atoms with van der Waals surface area (Å²) < 4.78 is 4.33. The molecule has 2 heteroatoms. The summed E-state index contributed by atoms with van der Waals surface area (Å²) in [7, 11) is 0. The number of nitrogens with zero attached hydrogens (tertiary/aromatic N) is 1. The molecule has 1 aromatic rings. The highest BCUT2D eigenvalue weighted by Gasteiger charge is 1.60. The summed E-state index contributed by atoms with van der Waals surface area (Å²) in [6.07, 6.45) is 3.10. The number of rotatable bonds is 0. The fourth-order valence-electron chi connectivity index (χ4n) is 0.176. The topological polar surface area (TPSA) is 26.0 Å². The highest BCUT2D eigenvalue weighted by Crippen LogP contribution is 1.72. The van der Waals surface area contributed by atoms with Gasteiger partial charge in [0.05, 0.1) is 6.20 Å². The van der Waals surface area contributed by atoms with Crippen molar-refractivity contribution in [1.82, 2.24) is 5.16 Å². The number of aromatic nitrogens is 1. The Labute approximate surface area is 29.4 Å². The molecule has 0 unspecified atom stereocenters. The zero-order valence-electron chi connectivity index (χ0n) is 2.59. The smallest absolute Gasteiger partial charge is 0.123 e. The summed E-state index contributed by atoms with van der Waals surface area (Å²) >= 11 is 0. The van der Waals surface area contributed by atoms with Gasteiger partial charge in [-0.1, -0.05) is 5.16 Å². The molecule has 0 aromatic carbocycles. The van der Waals surface area contributed by atoms with Gasteiger partial charge >= 0.3 is 0 Å². The van der Waals surface area contributed by atoms with E-state index in [9.17, 15) is 0 Å². The molecule has 1 aromatic heterocycles. The second kappa shape index (κ2) is 0.885. The lowest BCUT2D eigenvalue weighted by atomic mass is 11.0. The van der Waals surface area contributed by atoms with Crippen molar-refractivity contribution in [3.8, 4) is 0 Å². The molecule has 0 amide bonds. The molecule has 0 saturated carbocycles. The second-order valence-corrected chi connectivity index (χ2v) is 0.688. The van der Waals surface area contributed by atoms with E-state index in [2.05, 4.69) is 9.68 Å². The van der Waals surface area contributed by atoms with Crippen molar-refractivity contribution in [2.24, 2.45) is 0 Å². The van der Waals surface area contributed by atoms with Crippen molar-refractivity contribution in [3.05, 3.63) is 18.5 Å². The maximum absolute atomic E-state index is 4.33. The van der Waals surface area contributed by atoms with E-state index in [-0.39, 0.29) is 0 Å². The van der Waals surface area contributed by atoms with Crippen molar-refractivity contribution in [2.75, 3.05) is 0 Å². The van der Waals surface area contributed by atoms with Gasteiger partial charge in [-0.15, -0.1) is 0 Å². The number of hydrogen-bond acceptors (Lipinski definition) is 2. The fourth-order valence-corrected chi connectivity index (χ4v) is 0.176. The second-order valence-electron chi connectivity index (χ2n) is 0.688.